The summed E-state index contributed by atoms with van der Waals surface area (Å²) in [4.78, 5) is 12.3. The molecule has 2 aromatic carbocycles. The highest BCUT2D eigenvalue weighted by atomic mass is 19.1. The van der Waals surface area contributed by atoms with Crippen LogP contribution in [0.1, 0.15) is 10.4 Å². The number of nitrogens with zero attached hydrogens (tertiary/aromatic N) is 1. The van der Waals surface area contributed by atoms with Crippen LogP contribution in [0.15, 0.2) is 66.9 Å². The summed E-state index contributed by atoms with van der Waals surface area (Å²) in [6.45, 7) is -0.836. The van der Waals surface area contributed by atoms with Crippen molar-refractivity contribution >= 4 is 16.6 Å². The molecule has 3 rings (SSSR count). The molecule has 0 radical (unpaired) electrons. The van der Waals surface area contributed by atoms with Crippen LogP contribution in [-0.2, 0) is 6.54 Å². The number of hydrogen-bond donors (Lipinski definition) is 0. The highest BCUT2D eigenvalue weighted by Crippen LogP contribution is 2.21. The largest absolute Gasteiger partial charge is 0.412 e. The van der Waals surface area contributed by atoms with Gasteiger partial charge in [0.2, 0.25) is 19.2 Å². The first kappa shape index (κ1) is 14.2. The van der Waals surface area contributed by atoms with E-state index in [-0.39, 0.29) is 12.3 Å². The van der Waals surface area contributed by atoms with E-state index >= 15 is 0 Å². The van der Waals surface area contributed by atoms with Gasteiger partial charge < -0.3 is 4.74 Å². The van der Waals surface area contributed by atoms with Crippen molar-refractivity contribution in [2.24, 2.45) is 0 Å². The van der Waals surface area contributed by atoms with Gasteiger partial charge >= 0.3 is 5.88 Å². The zero-order valence-electron chi connectivity index (χ0n) is 11.9. The van der Waals surface area contributed by atoms with Crippen molar-refractivity contribution in [3.63, 3.8) is 0 Å². The maximum absolute atomic E-state index is 12.7. The number of fused-ring (bicyclic) bond motifs is 1. The number of carbonyl (C=O) groups is 1. The number of Topliss-reactive ketones (excluding diaryl/α,β-unsaturated/α-hetero) is 1. The molecule has 4 heteroatoms. The SMILES string of the molecule is O=C(C[n+]1ccc2ccccc2c1OCF)c1ccccc1. The quantitative estimate of drug-likeness (QED) is 0.534. The molecule has 1 heterocycles. The minimum Gasteiger partial charge on any atom is -0.412 e. The van der Waals surface area contributed by atoms with E-state index in [4.69, 9.17) is 4.74 Å². The first-order chi connectivity index (χ1) is 10.8. The topological polar surface area (TPSA) is 30.2 Å². The van der Waals surface area contributed by atoms with Gasteiger partial charge in [0.25, 0.3) is 0 Å². The number of ether oxygens (including phenoxy) is 1. The normalized spacial score (nSPS) is 10.6. The second kappa shape index (κ2) is 6.35. The molecule has 3 aromatic rings. The molecular weight excluding hydrogens is 281 g/mol. The molecule has 0 aliphatic rings. The average molecular weight is 296 g/mol. The van der Waals surface area contributed by atoms with Crippen molar-refractivity contribution in [1.29, 1.82) is 0 Å². The van der Waals surface area contributed by atoms with Crippen molar-refractivity contribution in [2.45, 2.75) is 6.54 Å². The fourth-order valence-electron chi connectivity index (χ4n) is 2.44. The van der Waals surface area contributed by atoms with E-state index in [0.717, 1.165) is 10.8 Å². The Morgan fingerprint density at radius 3 is 2.50 bits per heavy atom. The fraction of sp³-hybridized carbons (Fsp3) is 0.111. The van der Waals surface area contributed by atoms with E-state index in [9.17, 15) is 9.18 Å². The minimum atomic E-state index is -0.937. The van der Waals surface area contributed by atoms with Crippen LogP contribution in [0.5, 0.6) is 5.88 Å². The lowest BCUT2D eigenvalue weighted by Crippen LogP contribution is -2.39. The van der Waals surface area contributed by atoms with Gasteiger partial charge in [-0.2, -0.15) is 4.57 Å². The van der Waals surface area contributed by atoms with Gasteiger partial charge in [0.1, 0.15) is 0 Å². The molecule has 0 aliphatic heterocycles. The maximum Gasteiger partial charge on any atom is 0.378 e. The number of carbonyl (C=O) groups excluding carboxylic acids is 1. The summed E-state index contributed by atoms with van der Waals surface area (Å²) in [5, 5.41) is 1.72. The van der Waals surface area contributed by atoms with Crippen molar-refractivity contribution in [1.82, 2.24) is 0 Å². The van der Waals surface area contributed by atoms with Crippen LogP contribution in [0.2, 0.25) is 0 Å². The van der Waals surface area contributed by atoms with Crippen LogP contribution >= 0.6 is 0 Å². The zero-order chi connectivity index (χ0) is 15.4. The van der Waals surface area contributed by atoms with Crippen molar-refractivity contribution < 1.29 is 18.5 Å². The molecule has 0 spiro atoms. The van der Waals surface area contributed by atoms with Crippen LogP contribution < -0.4 is 9.30 Å². The van der Waals surface area contributed by atoms with Gasteiger partial charge in [-0.3, -0.25) is 4.79 Å². The van der Waals surface area contributed by atoms with E-state index in [0.29, 0.717) is 11.4 Å². The molecule has 3 nitrogen and oxygen atoms in total. The van der Waals surface area contributed by atoms with E-state index in [1.54, 1.807) is 22.9 Å². The van der Waals surface area contributed by atoms with Crippen LogP contribution in [-0.4, -0.2) is 12.6 Å². The molecule has 0 amide bonds. The highest BCUT2D eigenvalue weighted by Gasteiger charge is 2.20. The first-order valence-corrected chi connectivity index (χ1v) is 6.98. The molecule has 110 valence electrons. The van der Waals surface area contributed by atoms with E-state index in [1.165, 1.54) is 0 Å². The summed E-state index contributed by atoms with van der Waals surface area (Å²) in [6, 6.07) is 18.4. The number of halogens is 1. The third kappa shape index (κ3) is 2.81. The van der Waals surface area contributed by atoms with Crippen LogP contribution in [0.25, 0.3) is 10.8 Å². The smallest absolute Gasteiger partial charge is 0.378 e. The van der Waals surface area contributed by atoms with Crippen molar-refractivity contribution in [3.8, 4) is 5.88 Å². The maximum atomic E-state index is 12.7. The Morgan fingerprint density at radius 1 is 1.00 bits per heavy atom. The van der Waals surface area contributed by atoms with Crippen LogP contribution in [0, 0.1) is 0 Å². The number of alkyl halides is 1. The van der Waals surface area contributed by atoms with E-state index in [2.05, 4.69) is 0 Å². The lowest BCUT2D eigenvalue weighted by molar-refractivity contribution is -0.687. The molecule has 0 unspecified atom stereocenters. The minimum absolute atomic E-state index is 0.0513. The third-order valence-corrected chi connectivity index (χ3v) is 3.49. The predicted molar refractivity (Wildman–Crippen MR) is 81.5 cm³/mol. The Balaban J connectivity index is 1.99. The summed E-state index contributed by atoms with van der Waals surface area (Å²) >= 11 is 0. The Kier molecular flexibility index (Phi) is 4.10. The molecule has 0 atom stereocenters. The Morgan fingerprint density at radius 2 is 1.73 bits per heavy atom. The second-order valence-corrected chi connectivity index (χ2v) is 4.88. The molecule has 0 saturated carbocycles. The number of rotatable bonds is 5. The van der Waals surface area contributed by atoms with Crippen LogP contribution in [0.3, 0.4) is 0 Å². The monoisotopic (exact) mass is 296 g/mol. The number of pyridine rings is 1. The second-order valence-electron chi connectivity index (χ2n) is 4.88. The number of hydrogen-bond acceptors (Lipinski definition) is 2. The zero-order valence-corrected chi connectivity index (χ0v) is 11.9. The predicted octanol–water partition coefficient (Wildman–Crippen LogP) is 3.32. The lowest BCUT2D eigenvalue weighted by atomic mass is 10.1. The Hall–Kier alpha value is -2.75. The van der Waals surface area contributed by atoms with Gasteiger partial charge in [-0.25, -0.2) is 4.39 Å². The summed E-state index contributed by atoms with van der Waals surface area (Å²) in [7, 11) is 0. The molecule has 0 bridgehead atoms. The van der Waals surface area contributed by atoms with E-state index in [1.807, 2.05) is 48.5 Å². The third-order valence-electron chi connectivity index (χ3n) is 3.49. The van der Waals surface area contributed by atoms with Crippen molar-refractivity contribution in [3.05, 3.63) is 72.4 Å². The summed E-state index contributed by atoms with van der Waals surface area (Å²) in [6.07, 6.45) is 1.74. The Bertz CT molecular complexity index is 803. The standard InChI is InChI=1S/C18H15FNO2/c19-13-22-18-16-9-5-4-6-14(16)10-11-20(18)12-17(21)15-7-2-1-3-8-15/h1-11H,12-13H2/q+1. The molecule has 0 fully saturated rings. The lowest BCUT2D eigenvalue weighted by Gasteiger charge is -2.06. The number of aromatic nitrogens is 1. The molecule has 0 N–H and O–H groups in total. The molecule has 0 aliphatic carbocycles. The Labute approximate surface area is 127 Å². The van der Waals surface area contributed by atoms with Gasteiger partial charge in [0, 0.05) is 11.6 Å². The van der Waals surface area contributed by atoms with Gasteiger partial charge in [0.15, 0.2) is 6.20 Å². The van der Waals surface area contributed by atoms with Gasteiger partial charge in [-0.05, 0) is 11.5 Å². The first-order valence-electron chi connectivity index (χ1n) is 6.98. The summed E-state index contributed by atoms with van der Waals surface area (Å²) < 4.78 is 19.5. The molecular formula is C18H15FNO2+. The summed E-state index contributed by atoms with van der Waals surface area (Å²) in [5.41, 5.74) is 0.620. The van der Waals surface area contributed by atoms with Gasteiger partial charge in [-0.15, -0.1) is 0 Å². The molecule has 0 saturated heterocycles. The van der Waals surface area contributed by atoms with Crippen LogP contribution in [0.4, 0.5) is 4.39 Å². The van der Waals surface area contributed by atoms with Gasteiger partial charge in [-0.1, -0.05) is 48.5 Å². The van der Waals surface area contributed by atoms with Crippen molar-refractivity contribution in [2.75, 3.05) is 6.86 Å². The fourth-order valence-corrected chi connectivity index (χ4v) is 2.44. The number of benzene rings is 2. The number of ketones is 1. The highest BCUT2D eigenvalue weighted by molar-refractivity contribution is 5.95. The average Bonchev–Trinajstić information content (AvgIpc) is 2.58. The summed E-state index contributed by atoms with van der Waals surface area (Å²) in [5.74, 6) is 0.314. The molecule has 22 heavy (non-hydrogen) atoms. The van der Waals surface area contributed by atoms with E-state index < -0.39 is 6.86 Å². The van der Waals surface area contributed by atoms with Gasteiger partial charge in [0.05, 0.1) is 5.39 Å². The molecule has 1 aromatic heterocycles.